The number of hydrogen-bond acceptors (Lipinski definition) is 9. The van der Waals surface area contributed by atoms with Gasteiger partial charge in [0, 0.05) is 49.8 Å². The van der Waals surface area contributed by atoms with Gasteiger partial charge >= 0.3 is 0 Å². The Morgan fingerprint density at radius 1 is 1.12 bits per heavy atom. The van der Waals surface area contributed by atoms with Crippen LogP contribution in [0.25, 0.3) is 0 Å². The van der Waals surface area contributed by atoms with Crippen molar-refractivity contribution in [2.24, 2.45) is 0 Å². The van der Waals surface area contributed by atoms with Gasteiger partial charge in [0.25, 0.3) is 5.91 Å². The zero-order valence-electron chi connectivity index (χ0n) is 23.2. The first kappa shape index (κ1) is 30.3. The maximum Gasteiger partial charge on any atom is 0.251 e. The first-order chi connectivity index (χ1) is 19.8. The molecule has 1 aliphatic rings. The van der Waals surface area contributed by atoms with E-state index < -0.39 is 22.9 Å². The van der Waals surface area contributed by atoms with Crippen molar-refractivity contribution >= 4 is 28.1 Å². The van der Waals surface area contributed by atoms with Crippen LogP contribution in [0, 0.1) is 11.3 Å². The van der Waals surface area contributed by atoms with E-state index in [1.54, 1.807) is 28.7 Å². The van der Waals surface area contributed by atoms with Crippen molar-refractivity contribution in [3.8, 4) is 6.07 Å². The molecule has 2 aromatic carbocycles. The van der Waals surface area contributed by atoms with E-state index in [0.29, 0.717) is 54.3 Å². The lowest BCUT2D eigenvalue weighted by atomic mass is 10.00. The minimum Gasteiger partial charge on any atom is -0.390 e. The number of carbonyl (C=O) groups excluding carboxylic acids is 1. The molecule has 0 aliphatic carbocycles. The van der Waals surface area contributed by atoms with Crippen molar-refractivity contribution in [1.82, 2.24) is 15.6 Å². The van der Waals surface area contributed by atoms with E-state index in [0.717, 1.165) is 24.0 Å². The second-order valence-electron chi connectivity index (χ2n) is 10.1. The largest absolute Gasteiger partial charge is 0.390 e. The van der Waals surface area contributed by atoms with Gasteiger partial charge in [0.05, 0.1) is 29.1 Å². The highest BCUT2D eigenvalue weighted by molar-refractivity contribution is 8.25. The molecule has 1 fully saturated rings. The van der Waals surface area contributed by atoms with Crippen molar-refractivity contribution in [3.63, 3.8) is 0 Å². The number of nitriles is 1. The summed E-state index contributed by atoms with van der Waals surface area (Å²) in [7, 11) is -2.96. The molecule has 2 atom stereocenters. The van der Waals surface area contributed by atoms with Gasteiger partial charge in [-0.2, -0.15) is 5.26 Å². The minimum absolute atomic E-state index is 0.200. The summed E-state index contributed by atoms with van der Waals surface area (Å²) in [6.45, 7) is 3.68. The number of aromatic nitrogens is 1. The van der Waals surface area contributed by atoms with Gasteiger partial charge in [-0.25, -0.2) is 0 Å². The van der Waals surface area contributed by atoms with Crippen molar-refractivity contribution in [1.29, 1.82) is 5.26 Å². The van der Waals surface area contributed by atoms with Crippen LogP contribution in [-0.4, -0.2) is 62.6 Å². The van der Waals surface area contributed by atoms with Crippen molar-refractivity contribution in [3.05, 3.63) is 89.2 Å². The molecule has 0 radical (unpaired) electrons. The van der Waals surface area contributed by atoms with Gasteiger partial charge in [-0.3, -0.25) is 23.2 Å². The summed E-state index contributed by atoms with van der Waals surface area (Å²) in [5.41, 5.74) is 3.87. The predicted molar refractivity (Wildman–Crippen MR) is 163 cm³/mol. The number of hydrogen-bond donors (Lipinski definition) is 6. The second-order valence-corrected chi connectivity index (χ2v) is 12.2. The van der Waals surface area contributed by atoms with Crippen LogP contribution in [0.15, 0.2) is 67.0 Å². The Kier molecular flexibility index (Phi) is 10.6. The van der Waals surface area contributed by atoms with Crippen LogP contribution in [0.4, 0.5) is 11.4 Å². The molecule has 2 heterocycles. The summed E-state index contributed by atoms with van der Waals surface area (Å²) in [5, 5.41) is 29.7. The summed E-state index contributed by atoms with van der Waals surface area (Å²) >= 11 is 0. The fourth-order valence-electron chi connectivity index (χ4n) is 4.85. The third kappa shape index (κ3) is 8.42. The third-order valence-corrected chi connectivity index (χ3v) is 8.85. The van der Waals surface area contributed by atoms with Crippen LogP contribution in [0.5, 0.6) is 0 Å². The Labute approximate surface area is 242 Å². The number of benzene rings is 2. The number of nitrogens with zero attached hydrogens (tertiary/aromatic N) is 3. The Morgan fingerprint density at radius 2 is 1.93 bits per heavy atom. The Hall–Kier alpha value is -3.66. The number of nitrogens with one attached hydrogen (secondary N) is 3. The van der Waals surface area contributed by atoms with E-state index in [-0.39, 0.29) is 12.5 Å². The zero-order valence-corrected chi connectivity index (χ0v) is 24.0. The topological polar surface area (TPSA) is 154 Å². The Morgan fingerprint density at radius 3 is 2.66 bits per heavy atom. The molecule has 0 bridgehead atoms. The summed E-state index contributed by atoms with van der Waals surface area (Å²) < 4.78 is 23.0. The van der Waals surface area contributed by atoms with E-state index in [1.807, 2.05) is 43.3 Å². The lowest BCUT2D eigenvalue weighted by Crippen LogP contribution is -2.48. The smallest absolute Gasteiger partial charge is 0.251 e. The summed E-state index contributed by atoms with van der Waals surface area (Å²) in [6.07, 6.45) is 4.22. The number of rotatable bonds is 12. The van der Waals surface area contributed by atoms with Gasteiger partial charge in [-0.05, 0) is 61.6 Å². The summed E-state index contributed by atoms with van der Waals surface area (Å²) in [6, 6.07) is 18.1. The molecule has 10 nitrogen and oxygen atoms in total. The average Bonchev–Trinajstić information content (AvgIpc) is 2.97. The number of anilines is 2. The molecule has 41 heavy (non-hydrogen) atoms. The van der Waals surface area contributed by atoms with E-state index >= 15 is 0 Å². The SMILES string of the molecule is CCNc1cc(C(=O)NC(Cc2ccccc2)C(O)CNCc2cncc(C#N)c2)cc(N2CCCCS2(O)O)c1. The van der Waals surface area contributed by atoms with Gasteiger partial charge in [-0.1, -0.05) is 30.3 Å². The monoisotopic (exact) mass is 578 g/mol. The molecule has 6 N–H and O–H groups in total. The molecule has 1 saturated heterocycles. The van der Waals surface area contributed by atoms with Crippen molar-refractivity contribution in [2.75, 3.05) is 35.0 Å². The summed E-state index contributed by atoms with van der Waals surface area (Å²) in [4.78, 5) is 17.7. The summed E-state index contributed by atoms with van der Waals surface area (Å²) in [5.74, 6) is -0.0692. The molecule has 4 rings (SSSR count). The van der Waals surface area contributed by atoms with Crippen LogP contribution < -0.4 is 20.3 Å². The number of amides is 1. The van der Waals surface area contributed by atoms with Gasteiger partial charge in [-0.15, -0.1) is 10.8 Å². The quantitative estimate of drug-likeness (QED) is 0.186. The highest BCUT2D eigenvalue weighted by Gasteiger charge is 2.28. The predicted octanol–water partition coefficient (Wildman–Crippen LogP) is 4.14. The van der Waals surface area contributed by atoms with E-state index in [1.165, 1.54) is 6.20 Å². The zero-order chi connectivity index (χ0) is 29.2. The number of pyridine rings is 1. The van der Waals surface area contributed by atoms with Crippen LogP contribution in [0.3, 0.4) is 0 Å². The molecule has 0 saturated carbocycles. The standard InChI is InChI=1S/C30H38N6O4S/c1-2-34-26-14-25(15-27(16-26)36-10-6-7-11-41(36,39)40)30(38)35-28(13-22-8-4-3-5-9-22)29(37)21-33-20-24-12-23(17-31)18-32-19-24/h3-5,8-9,12,14-16,18-19,28-29,33-34,37,39-40H,2,6-7,10-11,13,20-21H2,1H3,(H,35,38). The molecule has 0 spiro atoms. The number of carbonyl (C=O) groups is 1. The lowest BCUT2D eigenvalue weighted by molar-refractivity contribution is 0.0830. The molecule has 2 unspecified atom stereocenters. The van der Waals surface area contributed by atoms with Gasteiger partial charge in [0.2, 0.25) is 0 Å². The molecule has 1 amide bonds. The first-order valence-electron chi connectivity index (χ1n) is 13.8. The molecule has 218 valence electrons. The second kappa shape index (κ2) is 14.3. The van der Waals surface area contributed by atoms with Crippen LogP contribution in [0.2, 0.25) is 0 Å². The normalized spacial score (nSPS) is 16.7. The molecule has 3 aromatic rings. The Balaban J connectivity index is 1.52. The maximum absolute atomic E-state index is 13.6. The van der Waals surface area contributed by atoms with E-state index in [2.05, 4.69) is 27.0 Å². The van der Waals surface area contributed by atoms with Crippen LogP contribution >= 0.6 is 10.8 Å². The Bertz CT molecular complexity index is 1350. The maximum atomic E-state index is 13.6. The lowest BCUT2D eigenvalue weighted by Gasteiger charge is -2.47. The van der Waals surface area contributed by atoms with E-state index in [9.17, 15) is 19.0 Å². The van der Waals surface area contributed by atoms with Crippen molar-refractivity contribution < 1.29 is 19.0 Å². The molecule has 1 aliphatic heterocycles. The van der Waals surface area contributed by atoms with Gasteiger partial charge < -0.3 is 21.1 Å². The van der Waals surface area contributed by atoms with Crippen LogP contribution in [0.1, 0.15) is 46.8 Å². The third-order valence-electron chi connectivity index (χ3n) is 6.92. The molecular formula is C30H38N6O4S. The van der Waals surface area contributed by atoms with Crippen molar-refractivity contribution in [2.45, 2.75) is 44.9 Å². The highest BCUT2D eigenvalue weighted by atomic mass is 32.3. The molecule has 11 heteroatoms. The first-order valence-corrected chi connectivity index (χ1v) is 15.5. The van der Waals surface area contributed by atoms with E-state index in [4.69, 9.17) is 5.26 Å². The molecule has 1 aromatic heterocycles. The fraction of sp³-hybridized carbons (Fsp3) is 0.367. The minimum atomic E-state index is -2.96. The van der Waals surface area contributed by atoms with Gasteiger partial charge in [0.1, 0.15) is 6.07 Å². The van der Waals surface area contributed by atoms with Crippen LogP contribution in [-0.2, 0) is 13.0 Å². The number of aliphatic hydroxyl groups excluding tert-OH is 1. The number of aliphatic hydroxyl groups is 1. The van der Waals surface area contributed by atoms with Gasteiger partial charge in [0.15, 0.2) is 0 Å². The average molecular weight is 579 g/mol. The fourth-order valence-corrected chi connectivity index (χ4v) is 6.53. The highest BCUT2D eigenvalue weighted by Crippen LogP contribution is 2.50. The molecular weight excluding hydrogens is 540 g/mol.